The third-order valence-electron chi connectivity index (χ3n) is 3.65. The van der Waals surface area contributed by atoms with Crippen LogP contribution in [0.25, 0.3) is 0 Å². The fourth-order valence-electron chi connectivity index (χ4n) is 2.42. The van der Waals surface area contributed by atoms with E-state index >= 15 is 0 Å². The molecule has 5 nitrogen and oxygen atoms in total. The van der Waals surface area contributed by atoms with E-state index in [1.807, 2.05) is 6.92 Å². The first-order valence-corrected chi connectivity index (χ1v) is 8.53. The van der Waals surface area contributed by atoms with E-state index in [1.165, 1.54) is 16.4 Å². The van der Waals surface area contributed by atoms with Gasteiger partial charge in [0.25, 0.3) is 0 Å². The maximum Gasteiger partial charge on any atom is 0.336 e. The van der Waals surface area contributed by atoms with Gasteiger partial charge in [0, 0.05) is 17.1 Å². The number of benzene rings is 1. The van der Waals surface area contributed by atoms with Gasteiger partial charge in [0.15, 0.2) is 0 Å². The van der Waals surface area contributed by atoms with Crippen LogP contribution in [0.5, 0.6) is 0 Å². The van der Waals surface area contributed by atoms with Crippen LogP contribution in [0.1, 0.15) is 35.7 Å². The van der Waals surface area contributed by atoms with Crippen molar-refractivity contribution in [2.45, 2.75) is 37.6 Å². The fourth-order valence-corrected chi connectivity index (χ4v) is 4.79. The highest BCUT2D eigenvalue weighted by atomic mass is 79.9. The van der Waals surface area contributed by atoms with E-state index in [4.69, 9.17) is 5.11 Å². The Hall–Kier alpha value is -0.920. The molecule has 1 aliphatic rings. The van der Waals surface area contributed by atoms with Crippen LogP contribution in [-0.4, -0.2) is 36.4 Å². The second kappa shape index (κ2) is 5.46. The molecule has 1 saturated heterocycles. The van der Waals surface area contributed by atoms with Gasteiger partial charge in [-0.3, -0.25) is 0 Å². The summed E-state index contributed by atoms with van der Waals surface area (Å²) in [7, 11) is -3.64. The van der Waals surface area contributed by atoms with Crippen LogP contribution in [0.4, 0.5) is 0 Å². The highest BCUT2D eigenvalue weighted by Gasteiger charge is 2.33. The molecule has 1 aliphatic heterocycles. The van der Waals surface area contributed by atoms with Crippen LogP contribution < -0.4 is 0 Å². The van der Waals surface area contributed by atoms with Crippen molar-refractivity contribution in [3.8, 4) is 0 Å². The number of carboxylic acid groups (broad SMARTS) is 1. The maximum atomic E-state index is 12.6. The SMILES string of the molecule is Cc1c(Br)cc(S(=O)(=O)N2CCCC2C)cc1C(=O)O. The number of hydrogen-bond acceptors (Lipinski definition) is 3. The molecule has 0 amide bonds. The first-order valence-electron chi connectivity index (χ1n) is 6.30. The molecule has 1 aromatic rings. The topological polar surface area (TPSA) is 74.7 Å². The van der Waals surface area contributed by atoms with Crippen molar-refractivity contribution in [2.75, 3.05) is 6.54 Å². The number of rotatable bonds is 3. The Labute approximate surface area is 126 Å². The lowest BCUT2D eigenvalue weighted by Gasteiger charge is -2.21. The molecule has 0 radical (unpaired) electrons. The van der Waals surface area contributed by atoms with Crippen molar-refractivity contribution in [3.63, 3.8) is 0 Å². The second-order valence-electron chi connectivity index (χ2n) is 4.99. The standard InChI is InChI=1S/C13H16BrNO4S/c1-8-4-3-5-15(8)20(18,19)10-6-11(13(16)17)9(2)12(14)7-10/h6-8H,3-5H2,1-2H3,(H,16,17). The lowest BCUT2D eigenvalue weighted by Crippen LogP contribution is -2.33. The van der Waals surface area contributed by atoms with E-state index < -0.39 is 16.0 Å². The first-order chi connectivity index (χ1) is 9.25. The molecule has 110 valence electrons. The number of carbonyl (C=O) groups is 1. The number of aromatic carboxylic acids is 1. The van der Waals surface area contributed by atoms with Crippen molar-refractivity contribution >= 4 is 31.9 Å². The van der Waals surface area contributed by atoms with Crippen LogP contribution in [0.3, 0.4) is 0 Å². The van der Waals surface area contributed by atoms with Gasteiger partial charge < -0.3 is 5.11 Å². The summed E-state index contributed by atoms with van der Waals surface area (Å²) in [6.45, 7) is 3.99. The zero-order chi connectivity index (χ0) is 15.1. The van der Waals surface area contributed by atoms with Gasteiger partial charge in [0.05, 0.1) is 10.5 Å². The zero-order valence-electron chi connectivity index (χ0n) is 11.3. The van der Waals surface area contributed by atoms with E-state index in [-0.39, 0.29) is 16.5 Å². The van der Waals surface area contributed by atoms with Crippen LogP contribution in [0.15, 0.2) is 21.5 Å². The minimum absolute atomic E-state index is 0.00444. The van der Waals surface area contributed by atoms with E-state index in [2.05, 4.69) is 15.9 Å². The third-order valence-corrected chi connectivity index (χ3v) is 6.46. The molecule has 1 unspecified atom stereocenters. The van der Waals surface area contributed by atoms with Crippen LogP contribution in [0, 0.1) is 6.92 Å². The normalized spacial score (nSPS) is 20.2. The molecule has 0 bridgehead atoms. The minimum Gasteiger partial charge on any atom is -0.478 e. The van der Waals surface area contributed by atoms with E-state index in [9.17, 15) is 13.2 Å². The molecule has 20 heavy (non-hydrogen) atoms. The van der Waals surface area contributed by atoms with Gasteiger partial charge in [-0.25, -0.2) is 13.2 Å². The maximum absolute atomic E-state index is 12.6. The van der Waals surface area contributed by atoms with E-state index in [0.29, 0.717) is 16.6 Å². The lowest BCUT2D eigenvalue weighted by molar-refractivity contribution is 0.0695. The fraction of sp³-hybridized carbons (Fsp3) is 0.462. The Kier molecular flexibility index (Phi) is 4.22. The lowest BCUT2D eigenvalue weighted by atomic mass is 10.1. The smallest absolute Gasteiger partial charge is 0.336 e. The zero-order valence-corrected chi connectivity index (χ0v) is 13.7. The molecule has 7 heteroatoms. The third kappa shape index (κ3) is 2.62. The van der Waals surface area contributed by atoms with Gasteiger partial charge in [-0.05, 0) is 44.4 Å². The molecule has 1 heterocycles. The molecular formula is C13H16BrNO4S. The summed E-state index contributed by atoms with van der Waals surface area (Å²) in [5.41, 5.74) is 0.524. The number of nitrogens with zero attached hydrogens (tertiary/aromatic N) is 1. The van der Waals surface area contributed by atoms with Gasteiger partial charge in [-0.1, -0.05) is 15.9 Å². The Morgan fingerprint density at radius 3 is 2.60 bits per heavy atom. The van der Waals surface area contributed by atoms with Gasteiger partial charge in [0.1, 0.15) is 0 Å². The molecule has 0 aromatic heterocycles. The molecule has 0 saturated carbocycles. The molecule has 1 N–H and O–H groups in total. The Balaban J connectivity index is 2.55. The summed E-state index contributed by atoms with van der Waals surface area (Å²) < 4.78 is 27.1. The Morgan fingerprint density at radius 1 is 1.45 bits per heavy atom. The number of hydrogen-bond donors (Lipinski definition) is 1. The van der Waals surface area contributed by atoms with Gasteiger partial charge >= 0.3 is 5.97 Å². The summed E-state index contributed by atoms with van der Waals surface area (Å²) in [6, 6.07) is 2.67. The summed E-state index contributed by atoms with van der Waals surface area (Å²) in [4.78, 5) is 11.2. The highest BCUT2D eigenvalue weighted by molar-refractivity contribution is 9.10. The second-order valence-corrected chi connectivity index (χ2v) is 7.73. The van der Waals surface area contributed by atoms with Crippen molar-refractivity contribution in [3.05, 3.63) is 27.7 Å². The van der Waals surface area contributed by atoms with Crippen molar-refractivity contribution in [2.24, 2.45) is 0 Å². The highest BCUT2D eigenvalue weighted by Crippen LogP contribution is 2.30. The number of carboxylic acids is 1. The molecular weight excluding hydrogens is 346 g/mol. The summed E-state index contributed by atoms with van der Waals surface area (Å²) >= 11 is 3.24. The largest absolute Gasteiger partial charge is 0.478 e. The Bertz CT molecular complexity index is 657. The van der Waals surface area contributed by atoms with Gasteiger partial charge in [-0.2, -0.15) is 4.31 Å². The molecule has 1 aromatic carbocycles. The van der Waals surface area contributed by atoms with Crippen molar-refractivity contribution in [1.82, 2.24) is 4.31 Å². The molecule has 1 atom stereocenters. The predicted molar refractivity (Wildman–Crippen MR) is 78.4 cm³/mol. The van der Waals surface area contributed by atoms with E-state index in [0.717, 1.165) is 12.8 Å². The predicted octanol–water partition coefficient (Wildman–Crippen LogP) is 2.63. The summed E-state index contributed by atoms with van der Waals surface area (Å²) in [5, 5.41) is 9.17. The van der Waals surface area contributed by atoms with E-state index in [1.54, 1.807) is 6.92 Å². The van der Waals surface area contributed by atoms with Crippen molar-refractivity contribution < 1.29 is 18.3 Å². The molecule has 0 aliphatic carbocycles. The average molecular weight is 362 g/mol. The minimum atomic E-state index is -3.64. The number of sulfonamides is 1. The average Bonchev–Trinajstić information content (AvgIpc) is 2.78. The molecule has 1 fully saturated rings. The molecule has 2 rings (SSSR count). The number of halogens is 1. The summed E-state index contributed by atoms with van der Waals surface area (Å²) in [6.07, 6.45) is 1.66. The summed E-state index contributed by atoms with van der Waals surface area (Å²) in [5.74, 6) is -1.13. The molecule has 0 spiro atoms. The van der Waals surface area contributed by atoms with Crippen LogP contribution in [0.2, 0.25) is 0 Å². The Morgan fingerprint density at radius 2 is 2.10 bits per heavy atom. The van der Waals surface area contributed by atoms with Gasteiger partial charge in [-0.15, -0.1) is 0 Å². The van der Waals surface area contributed by atoms with Crippen LogP contribution in [-0.2, 0) is 10.0 Å². The van der Waals surface area contributed by atoms with Crippen LogP contribution >= 0.6 is 15.9 Å². The monoisotopic (exact) mass is 361 g/mol. The first kappa shape index (κ1) is 15.5. The van der Waals surface area contributed by atoms with Crippen molar-refractivity contribution in [1.29, 1.82) is 0 Å². The van der Waals surface area contributed by atoms with Gasteiger partial charge in [0.2, 0.25) is 10.0 Å². The quantitative estimate of drug-likeness (QED) is 0.897.